The molecular formula is C14H22N4S. The first-order chi connectivity index (χ1) is 9.15. The van der Waals surface area contributed by atoms with Gasteiger partial charge in [0.15, 0.2) is 0 Å². The Hall–Kier alpha value is -1.17. The van der Waals surface area contributed by atoms with Gasteiger partial charge in [-0.2, -0.15) is 5.10 Å². The van der Waals surface area contributed by atoms with E-state index in [0.717, 1.165) is 19.6 Å². The number of hydrogen-bond acceptors (Lipinski definition) is 4. The van der Waals surface area contributed by atoms with Gasteiger partial charge in [-0.1, -0.05) is 6.07 Å². The number of aryl methyl sites for hydroxylation is 1. The number of nitrogens with zero attached hydrogens (tertiary/aromatic N) is 3. The molecular weight excluding hydrogens is 256 g/mol. The van der Waals surface area contributed by atoms with Crippen molar-refractivity contribution >= 4 is 11.3 Å². The summed E-state index contributed by atoms with van der Waals surface area (Å²) in [6.07, 6.45) is 4.00. The predicted molar refractivity (Wildman–Crippen MR) is 80.2 cm³/mol. The third-order valence-corrected chi connectivity index (χ3v) is 4.14. The molecule has 0 aliphatic rings. The van der Waals surface area contributed by atoms with Crippen LogP contribution in [0.1, 0.15) is 17.4 Å². The second kappa shape index (κ2) is 6.84. The minimum Gasteiger partial charge on any atom is -0.310 e. The molecule has 0 saturated carbocycles. The largest absolute Gasteiger partial charge is 0.310 e. The van der Waals surface area contributed by atoms with Gasteiger partial charge in [0.25, 0.3) is 0 Å². The van der Waals surface area contributed by atoms with Gasteiger partial charge in [0.1, 0.15) is 0 Å². The van der Waals surface area contributed by atoms with Gasteiger partial charge in [-0.15, -0.1) is 11.3 Å². The molecule has 104 valence electrons. The summed E-state index contributed by atoms with van der Waals surface area (Å²) in [5.41, 5.74) is 1.26. The van der Waals surface area contributed by atoms with Gasteiger partial charge in [-0.05, 0) is 25.4 Å². The summed E-state index contributed by atoms with van der Waals surface area (Å²) in [4.78, 5) is 3.74. The van der Waals surface area contributed by atoms with E-state index >= 15 is 0 Å². The second-order valence-corrected chi connectivity index (χ2v) is 6.03. The normalized spacial score (nSPS) is 13.1. The van der Waals surface area contributed by atoms with E-state index in [9.17, 15) is 0 Å². The lowest BCUT2D eigenvalue weighted by Gasteiger charge is -2.24. The molecule has 0 aliphatic carbocycles. The number of likely N-dealkylation sites (N-methyl/N-ethyl adjacent to an activating group) is 1. The van der Waals surface area contributed by atoms with Crippen molar-refractivity contribution in [2.45, 2.75) is 26.1 Å². The van der Waals surface area contributed by atoms with Crippen molar-refractivity contribution in [3.8, 4) is 0 Å². The Labute approximate surface area is 119 Å². The summed E-state index contributed by atoms with van der Waals surface area (Å²) in [6, 6.07) is 4.77. The molecule has 19 heavy (non-hydrogen) atoms. The smallest absolute Gasteiger partial charge is 0.0534 e. The quantitative estimate of drug-likeness (QED) is 0.842. The molecule has 0 aliphatic heterocycles. The van der Waals surface area contributed by atoms with E-state index in [1.165, 1.54) is 10.4 Å². The highest BCUT2D eigenvalue weighted by Gasteiger charge is 2.10. The first-order valence-corrected chi connectivity index (χ1v) is 7.44. The highest BCUT2D eigenvalue weighted by molar-refractivity contribution is 7.09. The minimum atomic E-state index is 0.500. The summed E-state index contributed by atoms with van der Waals surface area (Å²) in [5.74, 6) is 0. The topological polar surface area (TPSA) is 33.1 Å². The standard InChI is InChI=1S/C14H22N4S/c1-12(7-15-9-14-5-4-6-19-14)17(2)10-13-8-16-18(3)11-13/h4-6,8,11-12,15H,7,9-10H2,1-3H3. The Morgan fingerprint density at radius 1 is 1.53 bits per heavy atom. The van der Waals surface area contributed by atoms with Crippen molar-refractivity contribution in [1.82, 2.24) is 20.0 Å². The van der Waals surface area contributed by atoms with Crippen molar-refractivity contribution in [2.24, 2.45) is 7.05 Å². The fourth-order valence-electron chi connectivity index (χ4n) is 1.97. The molecule has 2 heterocycles. The summed E-state index contributed by atoms with van der Waals surface area (Å²) < 4.78 is 1.85. The van der Waals surface area contributed by atoms with Crippen LogP contribution in [-0.4, -0.2) is 34.3 Å². The third-order valence-electron chi connectivity index (χ3n) is 3.26. The summed E-state index contributed by atoms with van der Waals surface area (Å²) in [5, 5.41) is 9.83. The predicted octanol–water partition coefficient (Wildman–Crippen LogP) is 2.09. The molecule has 0 spiro atoms. The Balaban J connectivity index is 1.71. The molecule has 2 rings (SSSR count). The van der Waals surface area contributed by atoms with Crippen LogP contribution in [0.4, 0.5) is 0 Å². The highest BCUT2D eigenvalue weighted by Crippen LogP contribution is 2.08. The first-order valence-electron chi connectivity index (χ1n) is 6.56. The van der Waals surface area contributed by atoms with E-state index < -0.39 is 0 Å². The highest BCUT2D eigenvalue weighted by atomic mass is 32.1. The number of aromatic nitrogens is 2. The van der Waals surface area contributed by atoms with Gasteiger partial charge in [0, 0.05) is 49.4 Å². The van der Waals surface area contributed by atoms with Crippen LogP contribution >= 0.6 is 11.3 Å². The number of rotatable bonds is 7. The zero-order chi connectivity index (χ0) is 13.7. The van der Waals surface area contributed by atoms with Crippen molar-refractivity contribution in [3.63, 3.8) is 0 Å². The first kappa shape index (κ1) is 14.2. The van der Waals surface area contributed by atoms with Gasteiger partial charge in [-0.3, -0.25) is 9.58 Å². The van der Waals surface area contributed by atoms with Crippen LogP contribution in [0.5, 0.6) is 0 Å². The third kappa shape index (κ3) is 4.45. The zero-order valence-electron chi connectivity index (χ0n) is 11.8. The van der Waals surface area contributed by atoms with Gasteiger partial charge in [-0.25, -0.2) is 0 Å². The van der Waals surface area contributed by atoms with Crippen LogP contribution in [0.2, 0.25) is 0 Å². The molecule has 0 radical (unpaired) electrons. The molecule has 0 aromatic carbocycles. The van der Waals surface area contributed by atoms with Crippen LogP contribution in [0, 0.1) is 0 Å². The molecule has 1 atom stereocenters. The molecule has 2 aromatic heterocycles. The van der Waals surface area contributed by atoms with E-state index in [1.54, 1.807) is 11.3 Å². The van der Waals surface area contributed by atoms with Crippen LogP contribution in [0.3, 0.4) is 0 Å². The van der Waals surface area contributed by atoms with E-state index in [-0.39, 0.29) is 0 Å². The van der Waals surface area contributed by atoms with E-state index in [2.05, 4.69) is 53.0 Å². The minimum absolute atomic E-state index is 0.500. The Kier molecular flexibility index (Phi) is 5.13. The SMILES string of the molecule is CC(CNCc1cccs1)N(C)Cc1cnn(C)c1. The average molecular weight is 278 g/mol. The van der Waals surface area contributed by atoms with E-state index in [4.69, 9.17) is 0 Å². The van der Waals surface area contributed by atoms with Crippen molar-refractivity contribution in [3.05, 3.63) is 40.3 Å². The summed E-state index contributed by atoms with van der Waals surface area (Å²) in [7, 11) is 4.11. The molecule has 1 unspecified atom stereocenters. The van der Waals surface area contributed by atoms with Crippen LogP contribution in [0.25, 0.3) is 0 Å². The van der Waals surface area contributed by atoms with Crippen LogP contribution in [-0.2, 0) is 20.1 Å². The van der Waals surface area contributed by atoms with Crippen LogP contribution < -0.4 is 5.32 Å². The summed E-state index contributed by atoms with van der Waals surface area (Å²) >= 11 is 1.80. The van der Waals surface area contributed by atoms with Crippen molar-refractivity contribution < 1.29 is 0 Å². The lowest BCUT2D eigenvalue weighted by atomic mass is 10.2. The summed E-state index contributed by atoms with van der Waals surface area (Å²) in [6.45, 7) is 5.14. The van der Waals surface area contributed by atoms with Gasteiger partial charge in [0.2, 0.25) is 0 Å². The zero-order valence-corrected chi connectivity index (χ0v) is 12.7. The monoisotopic (exact) mass is 278 g/mol. The fourth-order valence-corrected chi connectivity index (χ4v) is 2.65. The molecule has 4 nitrogen and oxygen atoms in total. The second-order valence-electron chi connectivity index (χ2n) is 5.00. The Morgan fingerprint density at radius 3 is 3.00 bits per heavy atom. The maximum absolute atomic E-state index is 4.20. The maximum atomic E-state index is 4.20. The van der Waals surface area contributed by atoms with Crippen molar-refractivity contribution in [1.29, 1.82) is 0 Å². The molecule has 0 fully saturated rings. The van der Waals surface area contributed by atoms with E-state index in [1.807, 2.05) is 17.9 Å². The molecule has 5 heteroatoms. The Bertz CT molecular complexity index is 477. The molecule has 1 N–H and O–H groups in total. The van der Waals surface area contributed by atoms with Gasteiger partial charge in [0.05, 0.1) is 6.20 Å². The lowest BCUT2D eigenvalue weighted by Crippen LogP contribution is -2.37. The van der Waals surface area contributed by atoms with Gasteiger partial charge < -0.3 is 5.32 Å². The average Bonchev–Trinajstić information content (AvgIpc) is 3.01. The molecule has 0 bridgehead atoms. The number of nitrogens with one attached hydrogen (secondary N) is 1. The van der Waals surface area contributed by atoms with Crippen molar-refractivity contribution in [2.75, 3.05) is 13.6 Å². The lowest BCUT2D eigenvalue weighted by molar-refractivity contribution is 0.242. The van der Waals surface area contributed by atoms with Gasteiger partial charge >= 0.3 is 0 Å². The molecule has 0 amide bonds. The fraction of sp³-hybridized carbons (Fsp3) is 0.500. The number of hydrogen-bond donors (Lipinski definition) is 1. The molecule has 0 saturated heterocycles. The van der Waals surface area contributed by atoms with Crippen LogP contribution in [0.15, 0.2) is 29.9 Å². The maximum Gasteiger partial charge on any atom is 0.0534 e. The number of thiophene rings is 1. The Morgan fingerprint density at radius 2 is 2.37 bits per heavy atom. The molecule has 2 aromatic rings. The van der Waals surface area contributed by atoms with E-state index in [0.29, 0.717) is 6.04 Å².